The molecule has 0 saturated carbocycles. The van der Waals surface area contributed by atoms with Crippen LogP contribution in [-0.4, -0.2) is 37.7 Å². The molecule has 1 aromatic heterocycles. The third-order valence-corrected chi connectivity index (χ3v) is 4.30. The standard InChI is InChI=1S/C18H23N7O2/c1-11(25-17(18(2,3)4)22-23-24-25)16(27)19-13-7-5-12(6-8-13)14-9-10-15(26)21-20-14/h5-8,11H,9-10H2,1-4H3,(H,19,27)(H,21,26)/t11-/m1/s1. The lowest BCUT2D eigenvalue weighted by Gasteiger charge is -2.20. The number of hydrogen-bond donors (Lipinski definition) is 2. The van der Waals surface area contributed by atoms with Crippen LogP contribution >= 0.6 is 0 Å². The van der Waals surface area contributed by atoms with E-state index in [1.807, 2.05) is 45.0 Å². The van der Waals surface area contributed by atoms with E-state index in [0.717, 1.165) is 11.3 Å². The van der Waals surface area contributed by atoms with Gasteiger partial charge in [0, 0.05) is 23.9 Å². The molecule has 142 valence electrons. The van der Waals surface area contributed by atoms with E-state index in [0.29, 0.717) is 24.4 Å². The Morgan fingerprint density at radius 2 is 1.93 bits per heavy atom. The molecule has 27 heavy (non-hydrogen) atoms. The third-order valence-electron chi connectivity index (χ3n) is 4.30. The second-order valence-electron chi connectivity index (χ2n) is 7.53. The van der Waals surface area contributed by atoms with Gasteiger partial charge in [0.25, 0.3) is 0 Å². The average Bonchev–Trinajstić information content (AvgIpc) is 3.12. The lowest BCUT2D eigenvalue weighted by Crippen LogP contribution is -2.29. The number of rotatable bonds is 4. The molecule has 0 unspecified atom stereocenters. The largest absolute Gasteiger partial charge is 0.324 e. The Bertz CT molecular complexity index is 878. The molecule has 2 amide bonds. The van der Waals surface area contributed by atoms with Crippen molar-refractivity contribution in [1.82, 2.24) is 25.6 Å². The van der Waals surface area contributed by atoms with Gasteiger partial charge in [0.05, 0.1) is 5.71 Å². The first-order chi connectivity index (χ1) is 12.8. The van der Waals surface area contributed by atoms with E-state index in [4.69, 9.17) is 0 Å². The van der Waals surface area contributed by atoms with Crippen LogP contribution in [0.2, 0.25) is 0 Å². The number of aromatic nitrogens is 4. The van der Waals surface area contributed by atoms with Crippen molar-refractivity contribution in [2.45, 2.75) is 52.0 Å². The highest BCUT2D eigenvalue weighted by Gasteiger charge is 2.27. The van der Waals surface area contributed by atoms with Crippen molar-refractivity contribution in [3.63, 3.8) is 0 Å². The van der Waals surface area contributed by atoms with Crippen molar-refractivity contribution in [2.24, 2.45) is 5.10 Å². The maximum absolute atomic E-state index is 12.6. The summed E-state index contributed by atoms with van der Waals surface area (Å²) in [5.41, 5.74) is 4.62. The van der Waals surface area contributed by atoms with Crippen molar-refractivity contribution in [3.8, 4) is 0 Å². The fourth-order valence-electron chi connectivity index (χ4n) is 2.73. The number of hydrogen-bond acceptors (Lipinski definition) is 6. The summed E-state index contributed by atoms with van der Waals surface area (Å²) in [5.74, 6) is 0.370. The van der Waals surface area contributed by atoms with E-state index in [-0.39, 0.29) is 17.2 Å². The minimum atomic E-state index is -0.549. The van der Waals surface area contributed by atoms with Gasteiger partial charge in [-0.3, -0.25) is 9.59 Å². The van der Waals surface area contributed by atoms with Gasteiger partial charge in [-0.25, -0.2) is 10.1 Å². The summed E-state index contributed by atoms with van der Waals surface area (Å²) >= 11 is 0. The maximum atomic E-state index is 12.6. The van der Waals surface area contributed by atoms with Gasteiger partial charge < -0.3 is 5.32 Å². The van der Waals surface area contributed by atoms with E-state index < -0.39 is 6.04 Å². The molecule has 0 radical (unpaired) electrons. The molecule has 1 aliphatic heterocycles. The van der Waals surface area contributed by atoms with Gasteiger partial charge in [-0.15, -0.1) is 5.10 Å². The van der Waals surface area contributed by atoms with E-state index in [2.05, 4.69) is 31.4 Å². The predicted octanol–water partition coefficient (Wildman–Crippen LogP) is 1.78. The Balaban J connectivity index is 1.69. The molecule has 1 aliphatic rings. The molecular weight excluding hydrogens is 346 g/mol. The zero-order valence-corrected chi connectivity index (χ0v) is 15.9. The van der Waals surface area contributed by atoms with Crippen LogP contribution in [0, 0.1) is 0 Å². The highest BCUT2D eigenvalue weighted by Crippen LogP contribution is 2.22. The van der Waals surface area contributed by atoms with Crippen molar-refractivity contribution in [3.05, 3.63) is 35.7 Å². The number of tetrazole rings is 1. The van der Waals surface area contributed by atoms with Crippen LogP contribution in [0.15, 0.2) is 29.4 Å². The first-order valence-electron chi connectivity index (χ1n) is 8.81. The quantitative estimate of drug-likeness (QED) is 0.853. The zero-order chi connectivity index (χ0) is 19.6. The Hall–Kier alpha value is -3.10. The van der Waals surface area contributed by atoms with Crippen LogP contribution in [0.5, 0.6) is 0 Å². The molecule has 0 fully saturated rings. The summed E-state index contributed by atoms with van der Waals surface area (Å²) < 4.78 is 1.54. The van der Waals surface area contributed by atoms with Gasteiger partial charge >= 0.3 is 0 Å². The van der Waals surface area contributed by atoms with Crippen molar-refractivity contribution < 1.29 is 9.59 Å². The molecule has 9 heteroatoms. The number of carbonyl (C=O) groups is 2. The van der Waals surface area contributed by atoms with Crippen molar-refractivity contribution >= 4 is 23.2 Å². The van der Waals surface area contributed by atoms with Crippen LogP contribution in [-0.2, 0) is 15.0 Å². The smallest absolute Gasteiger partial charge is 0.249 e. The van der Waals surface area contributed by atoms with Crippen LogP contribution in [0.4, 0.5) is 5.69 Å². The Morgan fingerprint density at radius 3 is 2.52 bits per heavy atom. The molecule has 2 N–H and O–H groups in total. The number of carbonyl (C=O) groups excluding carboxylic acids is 2. The van der Waals surface area contributed by atoms with Crippen LogP contribution < -0.4 is 10.7 Å². The van der Waals surface area contributed by atoms with E-state index in [9.17, 15) is 9.59 Å². The summed E-state index contributed by atoms with van der Waals surface area (Å²) in [6, 6.07) is 6.81. The van der Waals surface area contributed by atoms with Gasteiger partial charge in [-0.2, -0.15) is 5.10 Å². The predicted molar refractivity (Wildman–Crippen MR) is 100 cm³/mol. The first-order valence-corrected chi connectivity index (χ1v) is 8.81. The lowest BCUT2D eigenvalue weighted by molar-refractivity contribution is -0.121. The van der Waals surface area contributed by atoms with Gasteiger partial charge in [-0.1, -0.05) is 32.9 Å². The Labute approximate surface area is 157 Å². The minimum Gasteiger partial charge on any atom is -0.324 e. The normalized spacial score (nSPS) is 15.7. The first kappa shape index (κ1) is 18.7. The molecule has 2 aromatic rings. The van der Waals surface area contributed by atoms with Crippen molar-refractivity contribution in [1.29, 1.82) is 0 Å². The number of nitrogens with zero attached hydrogens (tertiary/aromatic N) is 5. The Morgan fingerprint density at radius 1 is 1.22 bits per heavy atom. The minimum absolute atomic E-state index is 0.0751. The van der Waals surface area contributed by atoms with Gasteiger partial charge in [0.15, 0.2) is 5.82 Å². The lowest BCUT2D eigenvalue weighted by atomic mass is 9.95. The number of amides is 2. The number of hydrazone groups is 1. The molecule has 0 aliphatic carbocycles. The highest BCUT2D eigenvalue weighted by atomic mass is 16.2. The second-order valence-corrected chi connectivity index (χ2v) is 7.53. The maximum Gasteiger partial charge on any atom is 0.249 e. The van der Waals surface area contributed by atoms with Gasteiger partial charge in [0.1, 0.15) is 6.04 Å². The summed E-state index contributed by atoms with van der Waals surface area (Å²) in [4.78, 5) is 23.8. The molecular formula is C18H23N7O2. The highest BCUT2D eigenvalue weighted by molar-refractivity contribution is 6.04. The third kappa shape index (κ3) is 4.18. The summed E-state index contributed by atoms with van der Waals surface area (Å²) in [6.45, 7) is 7.74. The molecule has 2 heterocycles. The van der Waals surface area contributed by atoms with E-state index in [1.165, 1.54) is 0 Å². The number of anilines is 1. The monoisotopic (exact) mass is 369 g/mol. The number of benzene rings is 1. The molecule has 9 nitrogen and oxygen atoms in total. The molecule has 1 atom stereocenters. The van der Waals surface area contributed by atoms with Crippen LogP contribution in [0.25, 0.3) is 0 Å². The second kappa shape index (κ2) is 7.26. The topological polar surface area (TPSA) is 114 Å². The Kier molecular flexibility index (Phi) is 5.02. The fraction of sp³-hybridized carbons (Fsp3) is 0.444. The molecule has 3 rings (SSSR count). The number of nitrogens with one attached hydrogen (secondary N) is 2. The average molecular weight is 369 g/mol. The van der Waals surface area contributed by atoms with Crippen LogP contribution in [0.1, 0.15) is 58.0 Å². The van der Waals surface area contributed by atoms with Gasteiger partial charge in [-0.05, 0) is 35.0 Å². The van der Waals surface area contributed by atoms with E-state index in [1.54, 1.807) is 11.6 Å². The van der Waals surface area contributed by atoms with E-state index >= 15 is 0 Å². The molecule has 0 spiro atoms. The summed E-state index contributed by atoms with van der Waals surface area (Å²) in [6.07, 6.45) is 1.03. The van der Waals surface area contributed by atoms with Gasteiger partial charge in [0.2, 0.25) is 11.8 Å². The molecule has 0 bridgehead atoms. The summed E-state index contributed by atoms with van der Waals surface area (Å²) in [7, 11) is 0. The summed E-state index contributed by atoms with van der Waals surface area (Å²) in [5, 5.41) is 18.7. The zero-order valence-electron chi connectivity index (χ0n) is 15.9. The fourth-order valence-corrected chi connectivity index (χ4v) is 2.73. The molecule has 0 saturated heterocycles. The van der Waals surface area contributed by atoms with Crippen molar-refractivity contribution in [2.75, 3.05) is 5.32 Å². The molecule has 1 aromatic carbocycles. The SMILES string of the molecule is C[C@H](C(=O)Nc1ccc(C2=NNC(=O)CC2)cc1)n1nnnc1C(C)(C)C. The van der Waals surface area contributed by atoms with Crippen LogP contribution in [0.3, 0.4) is 0 Å².